The van der Waals surface area contributed by atoms with Crippen LogP contribution in [0.5, 0.6) is 0 Å². The van der Waals surface area contributed by atoms with Crippen molar-refractivity contribution < 1.29 is 4.79 Å². The first-order valence-corrected chi connectivity index (χ1v) is 5.10. The van der Waals surface area contributed by atoms with E-state index in [-0.39, 0.29) is 5.91 Å². The zero-order chi connectivity index (χ0) is 9.84. The van der Waals surface area contributed by atoms with Gasteiger partial charge in [-0.15, -0.1) is 0 Å². The summed E-state index contributed by atoms with van der Waals surface area (Å²) < 4.78 is 0. The lowest BCUT2D eigenvalue weighted by molar-refractivity contribution is -0.129. The zero-order valence-corrected chi connectivity index (χ0v) is 8.84. The second kappa shape index (κ2) is 4.61. The molecule has 1 rings (SSSR count). The second-order valence-corrected chi connectivity index (χ2v) is 4.06. The molecule has 1 fully saturated rings. The van der Waals surface area contributed by atoms with Crippen LogP contribution in [0.25, 0.3) is 0 Å². The molecule has 1 saturated carbocycles. The van der Waals surface area contributed by atoms with Gasteiger partial charge in [0, 0.05) is 19.6 Å². The average Bonchev–Trinajstić information content (AvgIpc) is 2.08. The molecule has 0 aromatic rings. The Morgan fingerprint density at radius 3 is 2.62 bits per heavy atom. The molecule has 1 aliphatic rings. The van der Waals surface area contributed by atoms with E-state index in [1.165, 1.54) is 12.8 Å². The standard InChI is InChI=1S/C10H20N2O/c1-4-12(3)10(13)7-11-9-5-8(2)6-9/h8-9,11H,4-7H2,1-3H3. The van der Waals surface area contributed by atoms with Gasteiger partial charge < -0.3 is 10.2 Å². The number of nitrogens with one attached hydrogen (secondary N) is 1. The molecule has 3 heteroatoms. The predicted molar refractivity (Wildman–Crippen MR) is 53.5 cm³/mol. The van der Waals surface area contributed by atoms with Crippen LogP contribution in [-0.4, -0.2) is 37.0 Å². The third-order valence-electron chi connectivity index (χ3n) is 2.82. The summed E-state index contributed by atoms with van der Waals surface area (Å²) in [5.41, 5.74) is 0. The van der Waals surface area contributed by atoms with Crippen molar-refractivity contribution >= 4 is 5.91 Å². The lowest BCUT2D eigenvalue weighted by Gasteiger charge is -2.33. The Kier molecular flexibility index (Phi) is 3.72. The summed E-state index contributed by atoms with van der Waals surface area (Å²) in [6.07, 6.45) is 2.45. The SMILES string of the molecule is CCN(C)C(=O)CNC1CC(C)C1. The highest BCUT2D eigenvalue weighted by atomic mass is 16.2. The van der Waals surface area contributed by atoms with E-state index >= 15 is 0 Å². The Balaban J connectivity index is 2.09. The predicted octanol–water partition coefficient (Wildman–Crippen LogP) is 0.853. The molecule has 76 valence electrons. The minimum absolute atomic E-state index is 0.196. The monoisotopic (exact) mass is 184 g/mol. The van der Waals surface area contributed by atoms with E-state index in [9.17, 15) is 4.79 Å². The Labute approximate surface area is 80.5 Å². The Morgan fingerprint density at radius 2 is 2.15 bits per heavy atom. The van der Waals surface area contributed by atoms with Crippen molar-refractivity contribution in [2.45, 2.75) is 32.7 Å². The van der Waals surface area contributed by atoms with Gasteiger partial charge in [0.1, 0.15) is 0 Å². The van der Waals surface area contributed by atoms with Gasteiger partial charge in [-0.05, 0) is 25.7 Å². The number of carbonyl (C=O) groups is 1. The topological polar surface area (TPSA) is 32.3 Å². The molecule has 1 amide bonds. The van der Waals surface area contributed by atoms with Crippen LogP contribution in [0.1, 0.15) is 26.7 Å². The van der Waals surface area contributed by atoms with Crippen LogP contribution in [0.4, 0.5) is 0 Å². The number of likely N-dealkylation sites (N-methyl/N-ethyl adjacent to an activating group) is 1. The first-order valence-electron chi connectivity index (χ1n) is 5.10. The summed E-state index contributed by atoms with van der Waals surface area (Å²) in [7, 11) is 1.84. The first-order chi connectivity index (χ1) is 6.13. The number of carbonyl (C=O) groups excluding carboxylic acids is 1. The molecule has 1 aliphatic carbocycles. The first kappa shape index (κ1) is 10.5. The molecule has 0 unspecified atom stereocenters. The summed E-state index contributed by atoms with van der Waals surface area (Å²) in [6.45, 7) is 5.53. The highest BCUT2D eigenvalue weighted by Gasteiger charge is 2.25. The fourth-order valence-electron chi connectivity index (χ4n) is 1.61. The molecule has 0 aliphatic heterocycles. The van der Waals surface area contributed by atoms with Gasteiger partial charge in [0.25, 0.3) is 0 Å². The number of hydrogen-bond donors (Lipinski definition) is 1. The van der Waals surface area contributed by atoms with Crippen LogP contribution in [-0.2, 0) is 4.79 Å². The van der Waals surface area contributed by atoms with Crippen LogP contribution in [0, 0.1) is 5.92 Å². The van der Waals surface area contributed by atoms with Crippen LogP contribution < -0.4 is 5.32 Å². The molecule has 0 bridgehead atoms. The van der Waals surface area contributed by atoms with Crippen molar-refractivity contribution in [3.63, 3.8) is 0 Å². The van der Waals surface area contributed by atoms with Crippen molar-refractivity contribution in [2.24, 2.45) is 5.92 Å². The fraction of sp³-hybridized carbons (Fsp3) is 0.900. The van der Waals surface area contributed by atoms with E-state index < -0.39 is 0 Å². The maximum absolute atomic E-state index is 11.4. The summed E-state index contributed by atoms with van der Waals surface area (Å²) in [5, 5.41) is 3.27. The zero-order valence-electron chi connectivity index (χ0n) is 8.84. The third-order valence-corrected chi connectivity index (χ3v) is 2.82. The molecule has 13 heavy (non-hydrogen) atoms. The van der Waals surface area contributed by atoms with Crippen molar-refractivity contribution in [1.29, 1.82) is 0 Å². The van der Waals surface area contributed by atoms with Gasteiger partial charge in [-0.25, -0.2) is 0 Å². The highest BCUT2D eigenvalue weighted by molar-refractivity contribution is 5.77. The van der Waals surface area contributed by atoms with Gasteiger partial charge in [0.2, 0.25) is 5.91 Å². The minimum atomic E-state index is 0.196. The summed E-state index contributed by atoms with van der Waals surface area (Å²) in [6, 6.07) is 0.587. The summed E-state index contributed by atoms with van der Waals surface area (Å²) in [4.78, 5) is 13.1. The Bertz CT molecular complexity index is 176. The van der Waals surface area contributed by atoms with Crippen LogP contribution in [0.3, 0.4) is 0 Å². The normalized spacial score (nSPS) is 26.7. The van der Waals surface area contributed by atoms with E-state index in [1.807, 2.05) is 14.0 Å². The molecule has 0 atom stereocenters. The molecule has 0 saturated heterocycles. The third kappa shape index (κ3) is 2.99. The lowest BCUT2D eigenvalue weighted by atomic mass is 9.82. The molecule has 0 heterocycles. The average molecular weight is 184 g/mol. The largest absolute Gasteiger partial charge is 0.345 e. The van der Waals surface area contributed by atoms with E-state index in [0.29, 0.717) is 12.6 Å². The number of rotatable bonds is 4. The number of amides is 1. The van der Waals surface area contributed by atoms with Gasteiger partial charge in [0.05, 0.1) is 6.54 Å². The van der Waals surface area contributed by atoms with Gasteiger partial charge in [-0.1, -0.05) is 6.92 Å². The summed E-state index contributed by atoms with van der Waals surface area (Å²) >= 11 is 0. The smallest absolute Gasteiger partial charge is 0.236 e. The maximum atomic E-state index is 11.4. The van der Waals surface area contributed by atoms with Crippen LogP contribution >= 0.6 is 0 Å². The van der Waals surface area contributed by atoms with Crippen LogP contribution in [0.2, 0.25) is 0 Å². The van der Waals surface area contributed by atoms with Crippen molar-refractivity contribution in [2.75, 3.05) is 20.1 Å². The van der Waals surface area contributed by atoms with Crippen molar-refractivity contribution in [3.8, 4) is 0 Å². The quantitative estimate of drug-likeness (QED) is 0.702. The van der Waals surface area contributed by atoms with Gasteiger partial charge in [-0.2, -0.15) is 0 Å². The molecule has 0 spiro atoms. The van der Waals surface area contributed by atoms with Crippen LogP contribution in [0.15, 0.2) is 0 Å². The highest BCUT2D eigenvalue weighted by Crippen LogP contribution is 2.25. The Hall–Kier alpha value is -0.570. The second-order valence-electron chi connectivity index (χ2n) is 4.06. The molecule has 1 N–H and O–H groups in total. The van der Waals surface area contributed by atoms with E-state index in [4.69, 9.17) is 0 Å². The van der Waals surface area contributed by atoms with Crippen molar-refractivity contribution in [3.05, 3.63) is 0 Å². The van der Waals surface area contributed by atoms with E-state index in [1.54, 1.807) is 4.90 Å². The Morgan fingerprint density at radius 1 is 1.54 bits per heavy atom. The van der Waals surface area contributed by atoms with Gasteiger partial charge >= 0.3 is 0 Å². The lowest BCUT2D eigenvalue weighted by Crippen LogP contribution is -2.45. The molecule has 3 nitrogen and oxygen atoms in total. The minimum Gasteiger partial charge on any atom is -0.345 e. The number of hydrogen-bond acceptors (Lipinski definition) is 2. The fourth-order valence-corrected chi connectivity index (χ4v) is 1.61. The molecular formula is C10H20N2O. The summed E-state index contributed by atoms with van der Waals surface area (Å²) in [5.74, 6) is 1.04. The van der Waals surface area contributed by atoms with Gasteiger partial charge in [-0.3, -0.25) is 4.79 Å². The van der Waals surface area contributed by atoms with E-state index in [2.05, 4.69) is 12.2 Å². The van der Waals surface area contributed by atoms with Gasteiger partial charge in [0.15, 0.2) is 0 Å². The molecule has 0 aromatic heterocycles. The molecule has 0 aromatic carbocycles. The molecular weight excluding hydrogens is 164 g/mol. The maximum Gasteiger partial charge on any atom is 0.236 e. The number of nitrogens with zero attached hydrogens (tertiary/aromatic N) is 1. The van der Waals surface area contributed by atoms with E-state index in [0.717, 1.165) is 12.5 Å². The molecule has 0 radical (unpaired) electrons. The van der Waals surface area contributed by atoms with Crippen molar-refractivity contribution in [1.82, 2.24) is 10.2 Å².